The molecule has 0 radical (unpaired) electrons. The number of amides is 2. The minimum Gasteiger partial charge on any atom is -0.359 e. The molecule has 5 heteroatoms. The molecule has 0 bridgehead atoms. The Kier molecular flexibility index (Phi) is 5.69. The summed E-state index contributed by atoms with van der Waals surface area (Å²) in [6, 6.07) is 0. The van der Waals surface area contributed by atoms with Gasteiger partial charge in [0.15, 0.2) is 0 Å². The molecule has 2 amide bonds. The van der Waals surface area contributed by atoms with Gasteiger partial charge >= 0.3 is 0 Å². The highest BCUT2D eigenvalue weighted by atomic mass is 16.2. The van der Waals surface area contributed by atoms with Gasteiger partial charge in [-0.3, -0.25) is 9.59 Å². The van der Waals surface area contributed by atoms with Crippen molar-refractivity contribution in [1.82, 2.24) is 15.5 Å². The summed E-state index contributed by atoms with van der Waals surface area (Å²) in [5.41, 5.74) is 0. The van der Waals surface area contributed by atoms with Crippen molar-refractivity contribution in [3.8, 4) is 0 Å². The topological polar surface area (TPSA) is 61.4 Å². The van der Waals surface area contributed by atoms with E-state index in [2.05, 4.69) is 17.2 Å². The zero-order valence-electron chi connectivity index (χ0n) is 10.4. The van der Waals surface area contributed by atoms with Gasteiger partial charge < -0.3 is 15.5 Å². The lowest BCUT2D eigenvalue weighted by Gasteiger charge is -2.31. The van der Waals surface area contributed by atoms with E-state index < -0.39 is 0 Å². The van der Waals surface area contributed by atoms with Crippen molar-refractivity contribution in [1.29, 1.82) is 0 Å². The molecule has 1 unspecified atom stereocenters. The fourth-order valence-corrected chi connectivity index (χ4v) is 2.01. The van der Waals surface area contributed by atoms with E-state index in [-0.39, 0.29) is 17.7 Å². The highest BCUT2D eigenvalue weighted by Crippen LogP contribution is 2.16. The number of likely N-dealkylation sites (tertiary alicyclic amines) is 1. The molecule has 0 aromatic carbocycles. The van der Waals surface area contributed by atoms with Gasteiger partial charge in [-0.25, -0.2) is 0 Å². The number of nitrogens with zero attached hydrogens (tertiary/aromatic N) is 1. The summed E-state index contributed by atoms with van der Waals surface area (Å²) in [7, 11) is 1.63. The summed E-state index contributed by atoms with van der Waals surface area (Å²) in [6.07, 6.45) is 3.48. The summed E-state index contributed by atoms with van der Waals surface area (Å²) < 4.78 is 0. The van der Waals surface area contributed by atoms with Gasteiger partial charge in [-0.1, -0.05) is 6.08 Å². The minimum atomic E-state index is -0.0582. The average molecular weight is 239 g/mol. The molecule has 1 heterocycles. The third-order valence-electron chi connectivity index (χ3n) is 2.96. The van der Waals surface area contributed by atoms with Crippen molar-refractivity contribution in [2.75, 3.05) is 33.2 Å². The third kappa shape index (κ3) is 4.19. The molecule has 0 spiro atoms. The summed E-state index contributed by atoms with van der Waals surface area (Å²) in [5.74, 6) is 0.0270. The van der Waals surface area contributed by atoms with Crippen molar-refractivity contribution in [3.05, 3.63) is 12.7 Å². The zero-order chi connectivity index (χ0) is 12.7. The van der Waals surface area contributed by atoms with Crippen LogP contribution in [0.2, 0.25) is 0 Å². The number of carbonyl (C=O) groups is 2. The molecule has 0 aromatic heterocycles. The van der Waals surface area contributed by atoms with Crippen LogP contribution in [0.3, 0.4) is 0 Å². The Morgan fingerprint density at radius 2 is 2.29 bits per heavy atom. The van der Waals surface area contributed by atoms with E-state index in [4.69, 9.17) is 0 Å². The smallest absolute Gasteiger partial charge is 0.236 e. The summed E-state index contributed by atoms with van der Waals surface area (Å²) in [6.45, 7) is 5.80. The number of hydrogen-bond donors (Lipinski definition) is 2. The first-order chi connectivity index (χ1) is 8.19. The van der Waals surface area contributed by atoms with Gasteiger partial charge in [-0.05, 0) is 12.8 Å². The van der Waals surface area contributed by atoms with Crippen molar-refractivity contribution in [3.63, 3.8) is 0 Å². The van der Waals surface area contributed by atoms with Crippen molar-refractivity contribution in [2.45, 2.75) is 12.8 Å². The van der Waals surface area contributed by atoms with E-state index in [1.165, 1.54) is 0 Å². The average Bonchev–Trinajstić information content (AvgIpc) is 2.38. The lowest BCUT2D eigenvalue weighted by atomic mass is 9.97. The van der Waals surface area contributed by atoms with Crippen molar-refractivity contribution in [2.24, 2.45) is 5.92 Å². The molecule has 1 fully saturated rings. The molecular formula is C12H21N3O2. The highest BCUT2D eigenvalue weighted by molar-refractivity contribution is 5.81. The molecule has 2 N–H and O–H groups in total. The van der Waals surface area contributed by atoms with E-state index in [0.717, 1.165) is 19.4 Å². The molecule has 1 saturated heterocycles. The molecule has 1 aliphatic rings. The van der Waals surface area contributed by atoms with Crippen molar-refractivity contribution >= 4 is 11.8 Å². The zero-order valence-corrected chi connectivity index (χ0v) is 10.4. The number of nitrogens with one attached hydrogen (secondary N) is 2. The van der Waals surface area contributed by atoms with Gasteiger partial charge in [0.25, 0.3) is 0 Å². The van der Waals surface area contributed by atoms with E-state index in [1.807, 2.05) is 0 Å². The molecular weight excluding hydrogens is 218 g/mol. The summed E-state index contributed by atoms with van der Waals surface area (Å²) in [5, 5.41) is 5.62. The molecule has 0 aromatic rings. The fourth-order valence-electron chi connectivity index (χ4n) is 2.01. The van der Waals surface area contributed by atoms with Gasteiger partial charge in [-0.15, -0.1) is 6.58 Å². The van der Waals surface area contributed by atoms with Crippen LogP contribution in [-0.4, -0.2) is 49.9 Å². The van der Waals surface area contributed by atoms with E-state index in [1.54, 1.807) is 18.0 Å². The first kappa shape index (κ1) is 13.7. The minimum absolute atomic E-state index is 0.0292. The van der Waals surface area contributed by atoms with Gasteiger partial charge in [0.1, 0.15) is 0 Å². The van der Waals surface area contributed by atoms with Gasteiger partial charge in [0.05, 0.1) is 12.5 Å². The maximum atomic E-state index is 11.8. The quantitative estimate of drug-likeness (QED) is 0.513. The molecule has 96 valence electrons. The molecule has 1 aliphatic heterocycles. The summed E-state index contributed by atoms with van der Waals surface area (Å²) >= 11 is 0. The standard InChI is InChI=1S/C12H21N3O2/c1-3-6-14-8-11(16)15-7-4-5-10(9-15)12(17)13-2/h3,10,14H,1,4-9H2,2H3,(H,13,17). The normalized spacial score (nSPS) is 19.8. The van der Waals surface area contributed by atoms with Crippen LogP contribution in [0.5, 0.6) is 0 Å². The predicted octanol–water partition coefficient (Wildman–Crippen LogP) is -0.253. The maximum absolute atomic E-state index is 11.8. The van der Waals surface area contributed by atoms with Gasteiger partial charge in [0.2, 0.25) is 11.8 Å². The molecule has 17 heavy (non-hydrogen) atoms. The Hall–Kier alpha value is -1.36. The van der Waals surface area contributed by atoms with Crippen LogP contribution in [-0.2, 0) is 9.59 Å². The Balaban J connectivity index is 2.40. The molecule has 0 saturated carbocycles. The van der Waals surface area contributed by atoms with Crippen LogP contribution >= 0.6 is 0 Å². The molecule has 1 rings (SSSR count). The Morgan fingerprint density at radius 1 is 1.53 bits per heavy atom. The highest BCUT2D eigenvalue weighted by Gasteiger charge is 2.27. The van der Waals surface area contributed by atoms with Gasteiger partial charge in [0, 0.05) is 26.7 Å². The van der Waals surface area contributed by atoms with Crippen LogP contribution in [0.4, 0.5) is 0 Å². The fraction of sp³-hybridized carbons (Fsp3) is 0.667. The number of rotatable bonds is 5. The van der Waals surface area contributed by atoms with Crippen LogP contribution in [0, 0.1) is 5.92 Å². The molecule has 0 aliphatic carbocycles. The lowest BCUT2D eigenvalue weighted by molar-refractivity contribution is -0.134. The van der Waals surface area contributed by atoms with E-state index in [0.29, 0.717) is 19.6 Å². The second-order valence-electron chi connectivity index (χ2n) is 4.21. The third-order valence-corrected chi connectivity index (χ3v) is 2.96. The van der Waals surface area contributed by atoms with E-state index >= 15 is 0 Å². The van der Waals surface area contributed by atoms with Crippen LogP contribution in [0.1, 0.15) is 12.8 Å². The number of carbonyl (C=O) groups excluding carboxylic acids is 2. The Labute approximate surface area is 102 Å². The SMILES string of the molecule is C=CCNCC(=O)N1CCCC(C(=O)NC)C1. The first-order valence-corrected chi connectivity index (χ1v) is 6.00. The largest absolute Gasteiger partial charge is 0.359 e. The maximum Gasteiger partial charge on any atom is 0.236 e. The van der Waals surface area contributed by atoms with Crippen LogP contribution in [0.25, 0.3) is 0 Å². The number of piperidine rings is 1. The van der Waals surface area contributed by atoms with Crippen LogP contribution in [0.15, 0.2) is 12.7 Å². The first-order valence-electron chi connectivity index (χ1n) is 6.00. The Morgan fingerprint density at radius 3 is 2.94 bits per heavy atom. The van der Waals surface area contributed by atoms with E-state index in [9.17, 15) is 9.59 Å². The van der Waals surface area contributed by atoms with Crippen LogP contribution < -0.4 is 10.6 Å². The lowest BCUT2D eigenvalue weighted by Crippen LogP contribution is -2.47. The second-order valence-corrected chi connectivity index (χ2v) is 4.21. The molecule has 5 nitrogen and oxygen atoms in total. The summed E-state index contributed by atoms with van der Waals surface area (Å²) in [4.78, 5) is 25.1. The van der Waals surface area contributed by atoms with Crippen molar-refractivity contribution < 1.29 is 9.59 Å². The van der Waals surface area contributed by atoms with Gasteiger partial charge in [-0.2, -0.15) is 0 Å². The predicted molar refractivity (Wildman–Crippen MR) is 66.4 cm³/mol. The second kappa shape index (κ2) is 7.06. The Bertz CT molecular complexity index is 291. The monoisotopic (exact) mass is 239 g/mol. The molecule has 1 atom stereocenters. The number of hydrogen-bond acceptors (Lipinski definition) is 3.